The number of nitrogens with zero attached hydrogens (tertiary/aromatic N) is 1. The summed E-state index contributed by atoms with van der Waals surface area (Å²) >= 11 is 0. The third-order valence-corrected chi connectivity index (χ3v) is 6.29. The summed E-state index contributed by atoms with van der Waals surface area (Å²) in [4.78, 5) is 27.6. The van der Waals surface area contributed by atoms with Crippen LogP contribution >= 0.6 is 0 Å². The number of carbonyl (C=O) groups excluding carboxylic acids is 2. The largest absolute Gasteiger partial charge is 0.452 e. The van der Waals surface area contributed by atoms with Crippen molar-refractivity contribution in [3.8, 4) is 11.1 Å². The van der Waals surface area contributed by atoms with Gasteiger partial charge < -0.3 is 9.64 Å². The van der Waals surface area contributed by atoms with Crippen LogP contribution in [0.15, 0.2) is 54.6 Å². The molecule has 0 unspecified atom stereocenters. The van der Waals surface area contributed by atoms with Gasteiger partial charge in [-0.05, 0) is 47.3 Å². The number of esters is 1. The van der Waals surface area contributed by atoms with Gasteiger partial charge in [0.1, 0.15) is 0 Å². The van der Waals surface area contributed by atoms with Gasteiger partial charge in [0, 0.05) is 12.6 Å². The van der Waals surface area contributed by atoms with Gasteiger partial charge in [-0.25, -0.2) is 4.79 Å². The molecule has 2 aromatic rings. The van der Waals surface area contributed by atoms with E-state index in [9.17, 15) is 9.59 Å². The molecule has 2 aliphatic rings. The van der Waals surface area contributed by atoms with Crippen LogP contribution in [0.2, 0.25) is 0 Å². The molecule has 29 heavy (non-hydrogen) atoms. The fraction of sp³-hybridized carbons (Fsp3) is 0.440. The van der Waals surface area contributed by atoms with Crippen LogP contribution in [0.3, 0.4) is 0 Å². The van der Waals surface area contributed by atoms with E-state index in [1.807, 2.05) is 53.4 Å². The maximum Gasteiger partial charge on any atom is 0.339 e. The summed E-state index contributed by atoms with van der Waals surface area (Å²) in [6.07, 6.45) is 3.19. The topological polar surface area (TPSA) is 46.6 Å². The van der Waals surface area contributed by atoms with Gasteiger partial charge in [-0.15, -0.1) is 0 Å². The minimum Gasteiger partial charge on any atom is -0.452 e. The summed E-state index contributed by atoms with van der Waals surface area (Å²) in [6, 6.07) is 17.4. The van der Waals surface area contributed by atoms with E-state index in [4.69, 9.17) is 4.74 Å². The quantitative estimate of drug-likeness (QED) is 0.694. The number of likely N-dealkylation sites (tertiary alicyclic amines) is 1. The average molecular weight is 392 g/mol. The summed E-state index contributed by atoms with van der Waals surface area (Å²) < 4.78 is 5.47. The Balaban J connectivity index is 1.44. The minimum absolute atomic E-state index is 0.0815. The number of benzene rings is 2. The van der Waals surface area contributed by atoms with Crippen LogP contribution in [-0.2, 0) is 9.53 Å². The normalized spacial score (nSPS) is 24.9. The Hall–Kier alpha value is -2.62. The molecule has 0 radical (unpaired) electrons. The number of rotatable bonds is 4. The molecule has 1 saturated carbocycles. The molecule has 0 spiro atoms. The van der Waals surface area contributed by atoms with Crippen molar-refractivity contribution in [2.75, 3.05) is 13.2 Å². The molecule has 4 rings (SSSR count). The van der Waals surface area contributed by atoms with E-state index in [0.29, 0.717) is 5.56 Å². The Morgan fingerprint density at radius 1 is 1.00 bits per heavy atom. The van der Waals surface area contributed by atoms with Crippen LogP contribution in [0.25, 0.3) is 11.1 Å². The van der Waals surface area contributed by atoms with E-state index in [1.165, 1.54) is 0 Å². The lowest BCUT2D eigenvalue weighted by atomic mass is 9.65. The molecule has 4 nitrogen and oxygen atoms in total. The first-order valence-electron chi connectivity index (χ1n) is 10.4. The van der Waals surface area contributed by atoms with E-state index in [2.05, 4.69) is 20.8 Å². The maximum atomic E-state index is 12.9. The van der Waals surface area contributed by atoms with E-state index in [0.717, 1.165) is 36.9 Å². The summed E-state index contributed by atoms with van der Waals surface area (Å²) in [5.74, 6) is -0.534. The number of fused-ring (bicyclic) bond motifs is 2. The number of ether oxygens (including phenoxy) is 1. The SMILES string of the molecule is CC1(C)C[C@H]2C[C@](C)(CN2C(=O)COC(=O)c2ccccc2-c2ccccc2)C1. The molecule has 2 bridgehead atoms. The lowest BCUT2D eigenvalue weighted by molar-refractivity contribution is -0.135. The summed E-state index contributed by atoms with van der Waals surface area (Å²) in [5, 5.41) is 0. The van der Waals surface area contributed by atoms with Crippen LogP contribution in [-0.4, -0.2) is 36.0 Å². The van der Waals surface area contributed by atoms with E-state index >= 15 is 0 Å². The first kappa shape index (κ1) is 19.7. The van der Waals surface area contributed by atoms with Gasteiger partial charge in [0.2, 0.25) is 0 Å². The zero-order valence-corrected chi connectivity index (χ0v) is 17.5. The van der Waals surface area contributed by atoms with Crippen LogP contribution in [0.4, 0.5) is 0 Å². The third kappa shape index (κ3) is 4.07. The standard InChI is InChI=1S/C25H29NO3/c1-24(2)13-19-14-25(3,16-24)17-26(19)22(27)15-29-23(28)21-12-8-7-11-20(21)18-9-5-4-6-10-18/h4-12,19H,13-17H2,1-3H3/t19-,25-/m0/s1. The number of carbonyl (C=O) groups is 2. The third-order valence-electron chi connectivity index (χ3n) is 6.29. The van der Waals surface area contributed by atoms with Crippen molar-refractivity contribution in [1.82, 2.24) is 4.90 Å². The van der Waals surface area contributed by atoms with Gasteiger partial charge in [0.25, 0.3) is 5.91 Å². The highest BCUT2D eigenvalue weighted by Crippen LogP contribution is 2.52. The molecule has 4 heteroatoms. The van der Waals surface area contributed by atoms with Crippen LogP contribution < -0.4 is 0 Å². The number of amides is 1. The molecule has 1 amide bonds. The molecule has 152 valence electrons. The Bertz CT molecular complexity index is 921. The predicted octanol–water partition coefficient (Wildman–Crippen LogP) is 4.94. The molecule has 0 aromatic heterocycles. The van der Waals surface area contributed by atoms with Gasteiger partial charge in [0.05, 0.1) is 5.56 Å². The second-order valence-electron chi connectivity index (χ2n) is 9.72. The number of hydrogen-bond donors (Lipinski definition) is 0. The van der Waals surface area contributed by atoms with Gasteiger partial charge in [-0.2, -0.15) is 0 Å². The van der Waals surface area contributed by atoms with Crippen molar-refractivity contribution in [3.05, 3.63) is 60.2 Å². The number of hydrogen-bond acceptors (Lipinski definition) is 3. The second-order valence-corrected chi connectivity index (χ2v) is 9.72. The van der Waals surface area contributed by atoms with Gasteiger partial charge in [0.15, 0.2) is 6.61 Å². The molecule has 2 atom stereocenters. The van der Waals surface area contributed by atoms with Crippen molar-refractivity contribution in [1.29, 1.82) is 0 Å². The zero-order chi connectivity index (χ0) is 20.6. The zero-order valence-electron chi connectivity index (χ0n) is 17.5. The van der Waals surface area contributed by atoms with Gasteiger partial charge in [-0.1, -0.05) is 69.3 Å². The van der Waals surface area contributed by atoms with E-state index < -0.39 is 5.97 Å². The highest BCUT2D eigenvalue weighted by Gasteiger charge is 2.50. The Morgan fingerprint density at radius 2 is 1.69 bits per heavy atom. The Labute approximate surface area is 172 Å². The van der Waals surface area contributed by atoms with Crippen LogP contribution in [0, 0.1) is 10.8 Å². The summed E-state index contributed by atoms with van der Waals surface area (Å²) in [7, 11) is 0. The van der Waals surface area contributed by atoms with Crippen molar-refractivity contribution in [2.45, 2.75) is 46.1 Å². The molecule has 0 N–H and O–H groups in total. The Morgan fingerprint density at radius 3 is 2.45 bits per heavy atom. The Kier molecular flexibility index (Phi) is 4.97. The second kappa shape index (κ2) is 7.33. The monoisotopic (exact) mass is 391 g/mol. The average Bonchev–Trinajstić information content (AvgIpc) is 2.95. The van der Waals surface area contributed by atoms with Gasteiger partial charge in [-0.3, -0.25) is 4.79 Å². The van der Waals surface area contributed by atoms with Crippen molar-refractivity contribution >= 4 is 11.9 Å². The van der Waals surface area contributed by atoms with Crippen molar-refractivity contribution in [2.24, 2.45) is 10.8 Å². The lowest BCUT2D eigenvalue weighted by Gasteiger charge is -2.39. The molecule has 1 saturated heterocycles. The molecular formula is C25H29NO3. The molecular weight excluding hydrogens is 362 g/mol. The predicted molar refractivity (Wildman–Crippen MR) is 113 cm³/mol. The molecule has 2 fully saturated rings. The van der Waals surface area contributed by atoms with E-state index in [1.54, 1.807) is 6.07 Å². The first-order chi connectivity index (χ1) is 13.8. The van der Waals surface area contributed by atoms with Gasteiger partial charge >= 0.3 is 5.97 Å². The molecule has 1 aliphatic heterocycles. The highest BCUT2D eigenvalue weighted by molar-refractivity contribution is 5.98. The fourth-order valence-electron chi connectivity index (χ4n) is 5.57. The minimum atomic E-state index is -0.452. The fourth-order valence-corrected chi connectivity index (χ4v) is 5.57. The molecule has 1 aliphatic carbocycles. The van der Waals surface area contributed by atoms with Crippen molar-refractivity contribution < 1.29 is 14.3 Å². The maximum absolute atomic E-state index is 12.9. The smallest absolute Gasteiger partial charge is 0.339 e. The molecule has 1 heterocycles. The summed E-state index contributed by atoms with van der Waals surface area (Å²) in [6.45, 7) is 7.40. The highest BCUT2D eigenvalue weighted by atomic mass is 16.5. The van der Waals surface area contributed by atoms with Crippen LogP contribution in [0.1, 0.15) is 50.4 Å². The summed E-state index contributed by atoms with van der Waals surface area (Å²) in [5.41, 5.74) is 2.68. The van der Waals surface area contributed by atoms with Crippen molar-refractivity contribution in [3.63, 3.8) is 0 Å². The van der Waals surface area contributed by atoms with Crippen LogP contribution in [0.5, 0.6) is 0 Å². The van der Waals surface area contributed by atoms with E-state index in [-0.39, 0.29) is 29.4 Å². The lowest BCUT2D eigenvalue weighted by Crippen LogP contribution is -2.39. The molecule has 2 aromatic carbocycles. The first-order valence-corrected chi connectivity index (χ1v) is 10.4.